The zero-order valence-corrected chi connectivity index (χ0v) is 18.8. The Morgan fingerprint density at radius 3 is 2.52 bits per heavy atom. The highest BCUT2D eigenvalue weighted by Gasteiger charge is 2.28. The third kappa shape index (κ3) is 7.65. The highest BCUT2D eigenvalue weighted by atomic mass is 79.9. The lowest BCUT2D eigenvalue weighted by atomic mass is 10.2. The van der Waals surface area contributed by atoms with E-state index in [4.69, 9.17) is 24.5 Å². The van der Waals surface area contributed by atoms with Crippen molar-refractivity contribution in [2.45, 2.75) is 19.1 Å². The van der Waals surface area contributed by atoms with Crippen molar-refractivity contribution in [3.05, 3.63) is 58.2 Å². The Bertz CT molecular complexity index is 913. The first-order valence-electron chi connectivity index (χ1n) is 9.43. The molecule has 166 valence electrons. The molecule has 10 heteroatoms. The minimum atomic E-state index is -1.82. The summed E-state index contributed by atoms with van der Waals surface area (Å²) in [4.78, 5) is 38.9. The first-order valence-corrected chi connectivity index (χ1v) is 10.2. The Hall–Kier alpha value is -2.98. The molecule has 1 amide bonds. The van der Waals surface area contributed by atoms with Crippen LogP contribution >= 0.6 is 15.9 Å². The number of pyridine rings is 1. The molecule has 0 bridgehead atoms. The van der Waals surface area contributed by atoms with E-state index in [0.29, 0.717) is 18.0 Å². The van der Waals surface area contributed by atoms with E-state index >= 15 is 0 Å². The summed E-state index contributed by atoms with van der Waals surface area (Å²) in [6.45, 7) is 2.34. The molecule has 0 aliphatic carbocycles. The molecular formula is C21H24BrN3O6. The van der Waals surface area contributed by atoms with Crippen LogP contribution in [0.3, 0.4) is 0 Å². The van der Waals surface area contributed by atoms with Gasteiger partial charge in [-0.2, -0.15) is 0 Å². The van der Waals surface area contributed by atoms with E-state index in [0.717, 1.165) is 24.0 Å². The molecule has 1 aliphatic heterocycles. The summed E-state index contributed by atoms with van der Waals surface area (Å²) < 4.78 is 6.81. The number of rotatable bonds is 5. The van der Waals surface area contributed by atoms with Gasteiger partial charge in [-0.25, -0.2) is 14.6 Å². The van der Waals surface area contributed by atoms with Crippen LogP contribution in [0.4, 0.5) is 0 Å². The molecule has 0 radical (unpaired) electrons. The second-order valence-corrected chi connectivity index (χ2v) is 7.97. The maximum absolute atomic E-state index is 12.5. The summed E-state index contributed by atoms with van der Waals surface area (Å²) in [6, 6.07) is 12.2. The normalized spacial score (nSPS) is 15.3. The van der Waals surface area contributed by atoms with Gasteiger partial charge in [-0.3, -0.25) is 4.79 Å². The predicted molar refractivity (Wildman–Crippen MR) is 116 cm³/mol. The van der Waals surface area contributed by atoms with Crippen molar-refractivity contribution in [1.29, 1.82) is 0 Å². The molecule has 2 aromatic rings. The molecule has 31 heavy (non-hydrogen) atoms. The van der Waals surface area contributed by atoms with Crippen LogP contribution < -0.4 is 4.74 Å². The summed E-state index contributed by atoms with van der Waals surface area (Å²) >= 11 is 3.36. The lowest BCUT2D eigenvalue weighted by Gasteiger charge is -2.23. The number of benzene rings is 1. The van der Waals surface area contributed by atoms with E-state index in [1.807, 2.05) is 13.1 Å². The number of carboxylic acid groups (broad SMARTS) is 2. The third-order valence-electron chi connectivity index (χ3n) is 4.46. The summed E-state index contributed by atoms with van der Waals surface area (Å²) in [7, 11) is 3.91. The van der Waals surface area contributed by atoms with Crippen LogP contribution in [0, 0.1) is 0 Å². The zero-order chi connectivity index (χ0) is 23.0. The molecule has 1 unspecified atom stereocenters. The van der Waals surface area contributed by atoms with E-state index in [-0.39, 0.29) is 12.0 Å². The van der Waals surface area contributed by atoms with Crippen LogP contribution in [-0.2, 0) is 16.1 Å². The largest absolute Gasteiger partial charge is 0.473 e. The first-order chi connectivity index (χ1) is 14.7. The topological polar surface area (TPSA) is 120 Å². The Labute approximate surface area is 188 Å². The van der Waals surface area contributed by atoms with E-state index in [1.54, 1.807) is 17.2 Å². The van der Waals surface area contributed by atoms with Gasteiger partial charge in [-0.15, -0.1) is 0 Å². The standard InChI is InChI=1S/C19H22BrN3O2.C2H2O4/c1-22(12-14-6-4-3-5-7-14)9-8-16-13-23(2)19(24)17-10-15(20)11-21-18(17)25-16;3-1(4)2(5)6/h3-7,10-11,16H,8-9,12-13H2,1-2H3;(H,3,4)(H,5,6). The van der Waals surface area contributed by atoms with Crippen LogP contribution in [0.5, 0.6) is 5.88 Å². The molecule has 1 aromatic heterocycles. The van der Waals surface area contributed by atoms with Crippen LogP contribution in [0.1, 0.15) is 22.3 Å². The van der Waals surface area contributed by atoms with Gasteiger partial charge in [-0.05, 0) is 41.0 Å². The molecule has 1 atom stereocenters. The molecule has 1 aromatic carbocycles. The van der Waals surface area contributed by atoms with Crippen LogP contribution in [0.25, 0.3) is 0 Å². The summed E-state index contributed by atoms with van der Waals surface area (Å²) in [5, 5.41) is 14.8. The number of carboxylic acids is 2. The van der Waals surface area contributed by atoms with Crippen LogP contribution in [-0.4, -0.2) is 76.1 Å². The molecule has 0 spiro atoms. The number of halogens is 1. The van der Waals surface area contributed by atoms with Crippen molar-refractivity contribution in [3.63, 3.8) is 0 Å². The van der Waals surface area contributed by atoms with Gasteiger partial charge in [0.05, 0.1) is 6.54 Å². The third-order valence-corrected chi connectivity index (χ3v) is 4.90. The Morgan fingerprint density at radius 2 is 1.90 bits per heavy atom. The summed E-state index contributed by atoms with van der Waals surface area (Å²) in [6.07, 6.45) is 2.43. The number of aliphatic carboxylic acids is 2. The van der Waals surface area contributed by atoms with Gasteiger partial charge >= 0.3 is 11.9 Å². The zero-order valence-electron chi connectivity index (χ0n) is 17.2. The number of hydrogen-bond acceptors (Lipinski definition) is 6. The fourth-order valence-corrected chi connectivity index (χ4v) is 3.28. The van der Waals surface area contributed by atoms with E-state index in [2.05, 4.69) is 57.1 Å². The lowest BCUT2D eigenvalue weighted by Crippen LogP contribution is -2.36. The molecule has 0 saturated heterocycles. The Balaban J connectivity index is 0.000000501. The molecule has 1 aliphatic rings. The average molecular weight is 494 g/mol. The van der Waals surface area contributed by atoms with Crippen molar-refractivity contribution in [1.82, 2.24) is 14.8 Å². The van der Waals surface area contributed by atoms with Gasteiger partial charge in [0.25, 0.3) is 5.91 Å². The number of fused-ring (bicyclic) bond motifs is 1. The lowest BCUT2D eigenvalue weighted by molar-refractivity contribution is -0.159. The van der Waals surface area contributed by atoms with E-state index in [9.17, 15) is 4.79 Å². The van der Waals surface area contributed by atoms with Gasteiger partial charge in [0.2, 0.25) is 5.88 Å². The molecular weight excluding hydrogens is 470 g/mol. The van der Waals surface area contributed by atoms with Crippen molar-refractivity contribution in [2.75, 3.05) is 27.2 Å². The van der Waals surface area contributed by atoms with Gasteiger partial charge in [0.15, 0.2) is 0 Å². The number of carbonyl (C=O) groups is 3. The van der Waals surface area contributed by atoms with Gasteiger partial charge < -0.3 is 24.7 Å². The second kappa shape index (κ2) is 11.4. The highest BCUT2D eigenvalue weighted by Crippen LogP contribution is 2.26. The number of ether oxygens (including phenoxy) is 1. The Morgan fingerprint density at radius 1 is 1.26 bits per heavy atom. The van der Waals surface area contributed by atoms with Crippen LogP contribution in [0.2, 0.25) is 0 Å². The monoisotopic (exact) mass is 493 g/mol. The maximum atomic E-state index is 12.5. The molecule has 9 nitrogen and oxygen atoms in total. The van der Waals surface area contributed by atoms with Crippen molar-refractivity contribution in [3.8, 4) is 5.88 Å². The number of carbonyl (C=O) groups excluding carboxylic acids is 1. The smallest absolute Gasteiger partial charge is 0.414 e. The van der Waals surface area contributed by atoms with Crippen molar-refractivity contribution in [2.24, 2.45) is 0 Å². The summed E-state index contributed by atoms with van der Waals surface area (Å²) in [5.41, 5.74) is 1.80. The number of amides is 1. The maximum Gasteiger partial charge on any atom is 0.414 e. The van der Waals surface area contributed by atoms with Gasteiger partial charge in [0, 0.05) is 30.8 Å². The predicted octanol–water partition coefficient (Wildman–Crippen LogP) is 2.35. The number of likely N-dealkylation sites (N-methyl/N-ethyl adjacent to an activating group) is 1. The van der Waals surface area contributed by atoms with Gasteiger partial charge in [0.1, 0.15) is 11.7 Å². The second-order valence-electron chi connectivity index (χ2n) is 7.05. The molecule has 0 saturated carbocycles. The summed E-state index contributed by atoms with van der Waals surface area (Å²) in [5.74, 6) is -3.28. The molecule has 3 rings (SSSR count). The highest BCUT2D eigenvalue weighted by molar-refractivity contribution is 9.10. The number of hydrogen-bond donors (Lipinski definition) is 2. The average Bonchev–Trinajstić information content (AvgIpc) is 2.84. The van der Waals surface area contributed by atoms with Crippen molar-refractivity contribution < 1.29 is 29.3 Å². The van der Waals surface area contributed by atoms with E-state index < -0.39 is 11.9 Å². The molecule has 2 N–H and O–H groups in total. The SMILES string of the molecule is CN(CCC1CN(C)C(=O)c2cc(Br)cnc2O1)Cc1ccccc1.O=C(O)C(=O)O. The fraction of sp³-hybridized carbons (Fsp3) is 0.333. The van der Waals surface area contributed by atoms with Crippen molar-refractivity contribution >= 4 is 33.8 Å². The van der Waals surface area contributed by atoms with E-state index in [1.165, 1.54) is 5.56 Å². The Kier molecular flexibility index (Phi) is 8.95. The van der Waals surface area contributed by atoms with Crippen LogP contribution in [0.15, 0.2) is 47.1 Å². The minimum absolute atomic E-state index is 0.0519. The molecule has 2 heterocycles. The van der Waals surface area contributed by atoms with Gasteiger partial charge in [-0.1, -0.05) is 30.3 Å². The molecule has 0 fully saturated rings. The fourth-order valence-electron chi connectivity index (χ4n) is 2.95. The quantitative estimate of drug-likeness (QED) is 0.608. The minimum Gasteiger partial charge on any atom is -0.473 e. The number of nitrogens with zero attached hydrogens (tertiary/aromatic N) is 3. The number of aromatic nitrogens is 1. The first kappa shape index (κ1) is 24.3.